The molecule has 0 aliphatic rings. The molecule has 0 saturated heterocycles. The molecule has 0 aliphatic carbocycles. The highest BCUT2D eigenvalue weighted by molar-refractivity contribution is 9.09. The van der Waals surface area contributed by atoms with Crippen LogP contribution >= 0.6 is 15.9 Å². The summed E-state index contributed by atoms with van der Waals surface area (Å²) in [5, 5.41) is 0. The van der Waals surface area contributed by atoms with Crippen LogP contribution in [0.4, 0.5) is 4.39 Å². The van der Waals surface area contributed by atoms with Gasteiger partial charge in [0.15, 0.2) is 0 Å². The molecule has 0 saturated carbocycles. The lowest BCUT2D eigenvalue weighted by Gasteiger charge is -2.15. The van der Waals surface area contributed by atoms with E-state index >= 15 is 0 Å². The lowest BCUT2D eigenvalue weighted by molar-refractivity contribution is 0.221. The summed E-state index contributed by atoms with van der Waals surface area (Å²) in [5.41, 5.74) is -1.08. The first-order chi connectivity index (χ1) is 2.94. The largest absolute Gasteiger partial charge is 0.243 e. The zero-order chi connectivity index (χ0) is 6.08. The zero-order valence-electron chi connectivity index (χ0n) is 4.83. The van der Waals surface area contributed by atoms with Crippen molar-refractivity contribution in [3.63, 3.8) is 0 Å². The summed E-state index contributed by atoms with van der Waals surface area (Å²) in [6.45, 7) is 4.89. The second-order valence-corrected chi connectivity index (χ2v) is 3.55. The molecule has 0 bridgehead atoms. The van der Waals surface area contributed by atoms with Crippen LogP contribution in [0.25, 0.3) is 0 Å². The molecule has 0 heterocycles. The minimum absolute atomic E-state index is 0.0556. The number of alkyl halides is 2. The van der Waals surface area contributed by atoms with E-state index in [0.717, 1.165) is 0 Å². The van der Waals surface area contributed by atoms with Gasteiger partial charge in [-0.15, -0.1) is 0 Å². The molecule has 44 valence electrons. The maximum Gasteiger partial charge on any atom is 0.117 e. The number of hydrogen-bond acceptors (Lipinski definition) is 0. The average molecular weight is 169 g/mol. The summed E-state index contributed by atoms with van der Waals surface area (Å²) >= 11 is 3.12. The van der Waals surface area contributed by atoms with Crippen LogP contribution in [-0.4, -0.2) is 10.5 Å². The van der Waals surface area contributed by atoms with Gasteiger partial charge in [0.05, 0.1) is 0 Å². The Morgan fingerprint density at radius 2 is 1.71 bits per heavy atom. The average Bonchev–Trinajstić information content (AvgIpc) is 1.31. The van der Waals surface area contributed by atoms with Crippen molar-refractivity contribution in [2.45, 2.75) is 31.3 Å². The highest BCUT2D eigenvalue weighted by Crippen LogP contribution is 2.20. The molecule has 0 nitrogen and oxygen atoms in total. The van der Waals surface area contributed by atoms with Gasteiger partial charge < -0.3 is 0 Å². The van der Waals surface area contributed by atoms with Crippen molar-refractivity contribution in [1.29, 1.82) is 0 Å². The van der Waals surface area contributed by atoms with Gasteiger partial charge in [-0.3, -0.25) is 0 Å². The Hall–Kier alpha value is 0.410. The molecule has 0 spiro atoms. The van der Waals surface area contributed by atoms with Gasteiger partial charge in [-0.05, 0) is 20.8 Å². The maximum absolute atomic E-state index is 12.5. The first-order valence-corrected chi connectivity index (χ1v) is 3.19. The predicted octanol–water partition coefficient (Wildman–Crippen LogP) is 2.52. The summed E-state index contributed by atoms with van der Waals surface area (Å²) in [6.07, 6.45) is 0. The fraction of sp³-hybridized carbons (Fsp3) is 1.00. The van der Waals surface area contributed by atoms with Crippen LogP contribution in [0.1, 0.15) is 20.8 Å². The van der Waals surface area contributed by atoms with E-state index in [1.807, 2.05) is 0 Å². The van der Waals surface area contributed by atoms with Crippen molar-refractivity contribution in [2.75, 3.05) is 0 Å². The molecule has 0 radical (unpaired) electrons. The van der Waals surface area contributed by atoms with E-state index in [1.165, 1.54) is 0 Å². The van der Waals surface area contributed by atoms with Gasteiger partial charge in [0, 0.05) is 4.83 Å². The Labute approximate surface area is 52.2 Å². The quantitative estimate of drug-likeness (QED) is 0.529. The van der Waals surface area contributed by atoms with Gasteiger partial charge in [-0.1, -0.05) is 15.9 Å². The first kappa shape index (κ1) is 7.41. The fourth-order valence-corrected chi connectivity index (χ4v) is 0. The van der Waals surface area contributed by atoms with Crippen LogP contribution < -0.4 is 0 Å². The third kappa shape index (κ3) is 3.03. The lowest BCUT2D eigenvalue weighted by atomic mass is 10.1. The van der Waals surface area contributed by atoms with Crippen LogP contribution in [0, 0.1) is 0 Å². The van der Waals surface area contributed by atoms with Crippen LogP contribution in [0.15, 0.2) is 0 Å². The Morgan fingerprint density at radius 3 is 1.71 bits per heavy atom. The van der Waals surface area contributed by atoms with Gasteiger partial charge in [-0.2, -0.15) is 0 Å². The summed E-state index contributed by atoms with van der Waals surface area (Å²) in [5.74, 6) is 0. The highest BCUT2D eigenvalue weighted by atomic mass is 79.9. The van der Waals surface area contributed by atoms with E-state index in [9.17, 15) is 4.39 Å². The van der Waals surface area contributed by atoms with E-state index in [1.54, 1.807) is 20.8 Å². The minimum atomic E-state index is -1.08. The van der Waals surface area contributed by atoms with Crippen molar-refractivity contribution >= 4 is 15.9 Å². The monoisotopic (exact) mass is 168 g/mol. The van der Waals surface area contributed by atoms with Crippen LogP contribution in [0.3, 0.4) is 0 Å². The molecule has 0 aromatic heterocycles. The molecule has 0 aromatic carbocycles. The third-order valence-corrected chi connectivity index (χ3v) is 2.03. The molecule has 0 unspecified atom stereocenters. The van der Waals surface area contributed by atoms with Crippen molar-refractivity contribution in [1.82, 2.24) is 0 Å². The lowest BCUT2D eigenvalue weighted by Crippen LogP contribution is -2.22. The molecule has 0 fully saturated rings. The molecule has 0 rings (SSSR count). The minimum Gasteiger partial charge on any atom is -0.243 e. The van der Waals surface area contributed by atoms with E-state index in [-0.39, 0.29) is 4.83 Å². The molecular formula is C5H10BrF. The second kappa shape index (κ2) is 2.12. The second-order valence-electron chi connectivity index (χ2n) is 2.18. The highest BCUT2D eigenvalue weighted by Gasteiger charge is 2.21. The SMILES string of the molecule is C[C@H](Br)C(C)(C)F. The van der Waals surface area contributed by atoms with Crippen LogP contribution in [0.5, 0.6) is 0 Å². The van der Waals surface area contributed by atoms with Crippen LogP contribution in [-0.2, 0) is 0 Å². The van der Waals surface area contributed by atoms with E-state index in [0.29, 0.717) is 0 Å². The Balaban J connectivity index is 3.54. The van der Waals surface area contributed by atoms with E-state index < -0.39 is 5.67 Å². The number of hydrogen-bond donors (Lipinski definition) is 0. The molecular weight excluding hydrogens is 159 g/mol. The van der Waals surface area contributed by atoms with E-state index in [2.05, 4.69) is 15.9 Å². The molecule has 2 heteroatoms. The van der Waals surface area contributed by atoms with E-state index in [4.69, 9.17) is 0 Å². The summed E-state index contributed by atoms with van der Waals surface area (Å²) < 4.78 is 12.5. The summed E-state index contributed by atoms with van der Waals surface area (Å²) in [4.78, 5) is -0.0556. The van der Waals surface area contributed by atoms with Crippen molar-refractivity contribution in [3.05, 3.63) is 0 Å². The Morgan fingerprint density at radius 1 is 1.57 bits per heavy atom. The molecule has 0 aliphatic heterocycles. The number of rotatable bonds is 1. The van der Waals surface area contributed by atoms with Crippen LogP contribution in [0.2, 0.25) is 0 Å². The van der Waals surface area contributed by atoms with Gasteiger partial charge in [0.25, 0.3) is 0 Å². The Bertz CT molecular complexity index is 53.6. The van der Waals surface area contributed by atoms with Crippen molar-refractivity contribution in [2.24, 2.45) is 0 Å². The molecule has 0 aromatic rings. The van der Waals surface area contributed by atoms with Gasteiger partial charge in [-0.25, -0.2) is 4.39 Å². The van der Waals surface area contributed by atoms with Crippen molar-refractivity contribution in [3.8, 4) is 0 Å². The van der Waals surface area contributed by atoms with Gasteiger partial charge >= 0.3 is 0 Å². The molecule has 0 N–H and O–H groups in total. The van der Waals surface area contributed by atoms with Gasteiger partial charge in [0.1, 0.15) is 5.67 Å². The third-order valence-electron chi connectivity index (χ3n) is 0.946. The number of halogens is 2. The molecule has 7 heavy (non-hydrogen) atoms. The first-order valence-electron chi connectivity index (χ1n) is 2.27. The summed E-state index contributed by atoms with van der Waals surface area (Å²) in [7, 11) is 0. The topological polar surface area (TPSA) is 0 Å². The Kier molecular flexibility index (Phi) is 2.24. The summed E-state index contributed by atoms with van der Waals surface area (Å²) in [6, 6.07) is 0. The molecule has 0 amide bonds. The normalized spacial score (nSPS) is 16.7. The fourth-order valence-electron chi connectivity index (χ4n) is 0. The predicted molar refractivity (Wildman–Crippen MR) is 33.6 cm³/mol. The smallest absolute Gasteiger partial charge is 0.117 e. The standard InChI is InChI=1S/C5H10BrF/c1-4(6)5(2,3)7/h4H,1-3H3/t4-/m0/s1. The maximum atomic E-state index is 12.5. The molecule has 1 atom stereocenters. The van der Waals surface area contributed by atoms with Gasteiger partial charge in [0.2, 0.25) is 0 Å². The zero-order valence-corrected chi connectivity index (χ0v) is 6.42. The van der Waals surface area contributed by atoms with Crippen molar-refractivity contribution < 1.29 is 4.39 Å².